The fourth-order valence-corrected chi connectivity index (χ4v) is 18.0. The number of fused-ring (bicyclic) bond motifs is 5. The van der Waals surface area contributed by atoms with Crippen LogP contribution in [0.3, 0.4) is 0 Å². The summed E-state index contributed by atoms with van der Waals surface area (Å²) in [4.78, 5) is 27.8. The van der Waals surface area contributed by atoms with Gasteiger partial charge in [0.2, 0.25) is 0 Å². The standard InChI is InChI=1S/C63H100O32/c1-8-27(67)30-15-23(2)63(95-30)16-35(70)62(7)26-9-10-34-59(4,25(26)11-14-61(62,63)6)13-12-36(60(34,5)22-66)90-54-47(81)45(79)41(75)33(89-54)21-85-56-50(38(72)28(68)19-83-56)93-58-52(94-53-46(80)43(77)37(71)24(3)86-53)49(42(76)32(18-65)88-58)91-57-51(39(73)29(69)20-84-57)92-55-48(82)44(78)40(74)31(17-64)87-55/h23-24,28-34,36-58,64-66,68-69,71-82H,8-22H2,1-7H3. The first-order valence-electron chi connectivity index (χ1n) is 33.4. The molecule has 7 saturated heterocycles. The average Bonchev–Trinajstić information content (AvgIpc) is 1.54. The van der Waals surface area contributed by atoms with Crippen LogP contribution in [0.2, 0.25) is 0 Å². The van der Waals surface area contributed by atoms with Gasteiger partial charge in [-0.05, 0) is 76.0 Å². The molecule has 11 aliphatic rings. The summed E-state index contributed by atoms with van der Waals surface area (Å²) < 4.78 is 79.3. The van der Waals surface area contributed by atoms with E-state index in [-0.39, 0.29) is 36.4 Å². The van der Waals surface area contributed by atoms with Crippen molar-refractivity contribution in [2.45, 2.75) is 296 Å². The van der Waals surface area contributed by atoms with E-state index >= 15 is 0 Å². The average molecular weight is 1370 g/mol. The Labute approximate surface area is 548 Å². The van der Waals surface area contributed by atoms with Gasteiger partial charge in [0.25, 0.3) is 0 Å². The van der Waals surface area contributed by atoms with Crippen molar-refractivity contribution < 1.29 is 158 Å². The number of rotatable bonds is 18. The Balaban J connectivity index is 0.818. The molecule has 0 aromatic rings. The van der Waals surface area contributed by atoms with Gasteiger partial charge in [0.05, 0.1) is 62.9 Å². The molecule has 0 aromatic heterocycles. The van der Waals surface area contributed by atoms with Gasteiger partial charge in [-0.2, -0.15) is 0 Å². The molecule has 37 unspecified atom stereocenters. The van der Waals surface area contributed by atoms with Crippen LogP contribution in [0.1, 0.15) is 106 Å². The molecule has 32 heteroatoms. The molecule has 1 spiro atoms. The Hall–Kier alpha value is -2.12. The molecular formula is C63H100O32. The highest BCUT2D eigenvalue weighted by molar-refractivity contribution is 5.94. The van der Waals surface area contributed by atoms with Crippen LogP contribution in [0.15, 0.2) is 11.1 Å². The molecule has 7 aliphatic heterocycles. The van der Waals surface area contributed by atoms with Gasteiger partial charge in [-0.15, -0.1) is 0 Å². The van der Waals surface area contributed by atoms with Crippen LogP contribution in [-0.4, -0.2) is 328 Å². The van der Waals surface area contributed by atoms with Crippen molar-refractivity contribution in [2.24, 2.45) is 33.5 Å². The van der Waals surface area contributed by atoms with E-state index in [0.29, 0.717) is 51.4 Å². The second-order valence-corrected chi connectivity index (χ2v) is 29.2. The number of carbonyl (C=O) groups is 2. The maximum absolute atomic E-state index is 14.8. The highest BCUT2D eigenvalue weighted by Gasteiger charge is 2.76. The molecule has 0 aromatic carbocycles. The van der Waals surface area contributed by atoms with Gasteiger partial charge in [0.1, 0.15) is 140 Å². The fraction of sp³-hybridized carbons (Fsp3) is 0.937. The predicted octanol–water partition coefficient (Wildman–Crippen LogP) is -5.97. The van der Waals surface area contributed by atoms with E-state index < -0.39 is 245 Å². The summed E-state index contributed by atoms with van der Waals surface area (Å²) in [6, 6.07) is 0. The van der Waals surface area contributed by atoms with E-state index in [1.165, 1.54) is 12.5 Å². The number of carbonyl (C=O) groups excluding carboxylic acids is 2. The smallest absolute Gasteiger partial charge is 0.187 e. The second-order valence-electron chi connectivity index (χ2n) is 29.2. The summed E-state index contributed by atoms with van der Waals surface area (Å²) in [5.74, 6) is -0.127. The van der Waals surface area contributed by atoms with Crippen LogP contribution in [0, 0.1) is 33.5 Å². The highest BCUT2D eigenvalue weighted by atomic mass is 16.8. The molecule has 17 N–H and O–H groups in total. The van der Waals surface area contributed by atoms with Crippen LogP contribution in [0.5, 0.6) is 0 Å². The normalized spacial score (nSPS) is 54.3. The lowest BCUT2D eigenvalue weighted by Gasteiger charge is -2.63. The zero-order chi connectivity index (χ0) is 69.1. The van der Waals surface area contributed by atoms with Crippen molar-refractivity contribution in [3.8, 4) is 0 Å². The lowest BCUT2D eigenvalue weighted by molar-refractivity contribution is -0.410. The number of allylic oxidation sites excluding steroid dienone is 2. The Kier molecular flexibility index (Phi) is 22.0. The second kappa shape index (κ2) is 28.3. The minimum atomic E-state index is -2.10. The molecule has 9 fully saturated rings. The summed E-state index contributed by atoms with van der Waals surface area (Å²) >= 11 is 0. The Bertz CT molecular complexity index is 2710. The van der Waals surface area contributed by atoms with Gasteiger partial charge in [-0.25, -0.2) is 0 Å². The minimum absolute atomic E-state index is 0.0286. The number of hydrogen-bond donors (Lipinski definition) is 17. The van der Waals surface area contributed by atoms with Crippen LogP contribution in [0.4, 0.5) is 0 Å². The molecule has 37 atom stereocenters. The van der Waals surface area contributed by atoms with E-state index in [1.54, 1.807) is 0 Å². The minimum Gasteiger partial charge on any atom is -0.396 e. The summed E-state index contributed by atoms with van der Waals surface area (Å²) in [7, 11) is 0. The van der Waals surface area contributed by atoms with Crippen molar-refractivity contribution in [1.82, 2.24) is 0 Å². The maximum Gasteiger partial charge on any atom is 0.187 e. The maximum atomic E-state index is 14.8. The summed E-state index contributed by atoms with van der Waals surface area (Å²) in [5, 5.41) is 188. The van der Waals surface area contributed by atoms with Crippen molar-refractivity contribution in [1.29, 1.82) is 0 Å². The van der Waals surface area contributed by atoms with Gasteiger partial charge in [0, 0.05) is 23.7 Å². The van der Waals surface area contributed by atoms with Crippen molar-refractivity contribution in [3.05, 3.63) is 11.1 Å². The fourth-order valence-electron chi connectivity index (χ4n) is 18.0. The van der Waals surface area contributed by atoms with Crippen molar-refractivity contribution >= 4 is 11.6 Å². The SMILES string of the molecule is CCC(=O)C1CC(C)C2(CC(=O)C3(C)C4=C(CCC32C)C2(C)CCC(OC3OC(COC5OCC(O)C(O)C5OC5OC(CO)C(O)C(OC6OCC(O)C(O)C6OC6OC(CO)C(O)C(O)C6O)C5OC5OC(C)C(O)C(O)C5O)C(O)C(O)C3O)C(C)(CO)C2CC4)O1. The Morgan fingerprint density at radius 2 is 1.06 bits per heavy atom. The quantitative estimate of drug-likeness (QED) is 0.0568. The molecule has 7 heterocycles. The van der Waals surface area contributed by atoms with Gasteiger partial charge in [-0.3, -0.25) is 9.59 Å². The largest absolute Gasteiger partial charge is 0.396 e. The summed E-state index contributed by atoms with van der Waals surface area (Å²) in [5.41, 5.74) is -1.53. The summed E-state index contributed by atoms with van der Waals surface area (Å²) in [6.45, 7) is 9.20. The molecule has 32 nitrogen and oxygen atoms in total. The number of Topliss-reactive ketones (excluding diaryl/α,β-unsaturated/α-hetero) is 2. The highest BCUT2D eigenvalue weighted by Crippen LogP contribution is 2.74. The lowest BCUT2D eigenvalue weighted by Crippen LogP contribution is -2.68. The van der Waals surface area contributed by atoms with Crippen LogP contribution < -0.4 is 0 Å². The van der Waals surface area contributed by atoms with E-state index in [2.05, 4.69) is 27.7 Å². The molecule has 0 bridgehead atoms. The first kappa shape index (κ1) is 74.1. The Morgan fingerprint density at radius 1 is 0.537 bits per heavy atom. The first-order chi connectivity index (χ1) is 44.8. The number of aliphatic hydroxyl groups excluding tert-OH is 17. The molecule has 4 aliphatic carbocycles. The number of hydrogen-bond acceptors (Lipinski definition) is 32. The molecular weight excluding hydrogens is 1270 g/mol. The molecule has 2 saturated carbocycles. The molecule has 544 valence electrons. The molecule has 0 radical (unpaired) electrons. The third-order valence-corrected chi connectivity index (χ3v) is 24.1. The molecule has 95 heavy (non-hydrogen) atoms. The van der Waals surface area contributed by atoms with Gasteiger partial charge >= 0.3 is 0 Å². The van der Waals surface area contributed by atoms with Crippen LogP contribution >= 0.6 is 0 Å². The topological polar surface area (TPSA) is 498 Å². The van der Waals surface area contributed by atoms with E-state index in [4.69, 9.17) is 61.6 Å². The molecule has 11 rings (SSSR count). The van der Waals surface area contributed by atoms with Crippen LogP contribution in [-0.2, 0) is 71.2 Å². The number of ketones is 2. The van der Waals surface area contributed by atoms with Gasteiger partial charge in [-0.1, -0.05) is 45.8 Å². The predicted molar refractivity (Wildman–Crippen MR) is 312 cm³/mol. The first-order valence-corrected chi connectivity index (χ1v) is 33.4. The monoisotopic (exact) mass is 1370 g/mol. The van der Waals surface area contributed by atoms with E-state index in [1.807, 2.05) is 13.8 Å². The number of aliphatic hydroxyl groups is 17. The van der Waals surface area contributed by atoms with E-state index in [9.17, 15) is 96.4 Å². The number of ether oxygens (including phenoxy) is 13. The Morgan fingerprint density at radius 3 is 1.68 bits per heavy atom. The van der Waals surface area contributed by atoms with Crippen molar-refractivity contribution in [2.75, 3.05) is 39.6 Å². The molecule has 0 amide bonds. The summed E-state index contributed by atoms with van der Waals surface area (Å²) in [6.07, 6.45) is -49.2. The lowest BCUT2D eigenvalue weighted by atomic mass is 9.42. The zero-order valence-electron chi connectivity index (χ0n) is 54.3. The van der Waals surface area contributed by atoms with Gasteiger partial charge < -0.3 is 148 Å². The van der Waals surface area contributed by atoms with E-state index in [0.717, 1.165) is 5.57 Å². The third-order valence-electron chi connectivity index (χ3n) is 24.1. The van der Waals surface area contributed by atoms with Crippen LogP contribution in [0.25, 0.3) is 0 Å². The van der Waals surface area contributed by atoms with Gasteiger partial charge in [0.15, 0.2) is 43.5 Å². The zero-order valence-corrected chi connectivity index (χ0v) is 54.3. The third kappa shape index (κ3) is 12.4. The van der Waals surface area contributed by atoms with Crippen molar-refractivity contribution in [3.63, 3.8) is 0 Å².